The second-order valence-corrected chi connectivity index (χ2v) is 1.62. The lowest BCUT2D eigenvalue weighted by atomic mass is 10.5. The van der Waals surface area contributed by atoms with Gasteiger partial charge in [-0.3, -0.25) is 0 Å². The van der Waals surface area contributed by atoms with Crippen LogP contribution in [0.4, 0.5) is 0 Å². The van der Waals surface area contributed by atoms with Crippen LogP contribution in [0.25, 0.3) is 0 Å². The van der Waals surface area contributed by atoms with Crippen LogP contribution in [0.15, 0.2) is 13.2 Å². The summed E-state index contributed by atoms with van der Waals surface area (Å²) in [4.78, 5) is 2.38. The molecule has 0 aromatic heterocycles. The zero-order valence-electron chi connectivity index (χ0n) is 6.98. The maximum absolute atomic E-state index is 3.00. The third-order valence-electron chi connectivity index (χ3n) is 1.34. The Kier molecular flexibility index (Phi) is 13.6. The molecule has 0 spiro atoms. The van der Waals surface area contributed by atoms with Crippen molar-refractivity contribution >= 4 is 0 Å². The Labute approximate surface area is 59.4 Å². The van der Waals surface area contributed by atoms with Gasteiger partial charge in [0, 0.05) is 0 Å². The fraction of sp³-hybridized carbons (Fsp3) is 0.750. The minimum absolute atomic E-state index is 1.19. The second-order valence-electron chi connectivity index (χ2n) is 1.62. The monoisotopic (exact) mass is 129 g/mol. The smallest absolute Gasteiger partial charge is 0.00474 e. The van der Waals surface area contributed by atoms with Gasteiger partial charge in [0.25, 0.3) is 0 Å². The van der Waals surface area contributed by atoms with E-state index in [4.69, 9.17) is 0 Å². The summed E-state index contributed by atoms with van der Waals surface area (Å²) in [6, 6.07) is 0. The predicted octanol–water partition coefficient (Wildman–Crippen LogP) is 2.15. The van der Waals surface area contributed by atoms with Crippen LogP contribution >= 0.6 is 0 Å². The van der Waals surface area contributed by atoms with E-state index >= 15 is 0 Å². The van der Waals surface area contributed by atoms with E-state index in [1.807, 2.05) is 0 Å². The number of rotatable bonds is 3. The molecule has 0 rings (SSSR count). The highest BCUT2D eigenvalue weighted by Crippen LogP contribution is 1.81. The first-order valence-corrected chi connectivity index (χ1v) is 3.57. The van der Waals surface area contributed by atoms with Gasteiger partial charge in [0.15, 0.2) is 0 Å². The molecule has 0 heterocycles. The molecule has 0 aliphatic carbocycles. The molecular weight excluding hydrogens is 110 g/mol. The van der Waals surface area contributed by atoms with Gasteiger partial charge in [0.05, 0.1) is 0 Å². The zero-order chi connectivity index (χ0) is 7.70. The summed E-state index contributed by atoms with van der Waals surface area (Å²) in [6.07, 6.45) is 0. The molecule has 0 amide bonds. The fourth-order valence-corrected chi connectivity index (χ4v) is 0.671. The van der Waals surface area contributed by atoms with Crippen LogP contribution in [-0.2, 0) is 0 Å². The normalized spacial score (nSPS) is 8.44. The van der Waals surface area contributed by atoms with Crippen LogP contribution < -0.4 is 0 Å². The van der Waals surface area contributed by atoms with E-state index in [2.05, 4.69) is 38.8 Å². The topological polar surface area (TPSA) is 3.24 Å². The van der Waals surface area contributed by atoms with E-state index in [0.717, 1.165) is 0 Å². The molecule has 1 nitrogen and oxygen atoms in total. The van der Waals surface area contributed by atoms with E-state index in [0.29, 0.717) is 0 Å². The molecule has 0 aliphatic rings. The molecule has 0 aliphatic heterocycles. The van der Waals surface area contributed by atoms with Crippen molar-refractivity contribution in [2.75, 3.05) is 19.6 Å². The average Bonchev–Trinajstić information content (AvgIpc) is 1.96. The van der Waals surface area contributed by atoms with Crippen molar-refractivity contribution in [2.24, 2.45) is 0 Å². The highest BCUT2D eigenvalue weighted by Gasteiger charge is 1.89. The van der Waals surface area contributed by atoms with Crippen molar-refractivity contribution in [1.82, 2.24) is 4.90 Å². The highest BCUT2D eigenvalue weighted by molar-refractivity contribution is 4.43. The summed E-state index contributed by atoms with van der Waals surface area (Å²) >= 11 is 0. The minimum atomic E-state index is 1.19. The van der Waals surface area contributed by atoms with Crippen LogP contribution in [0.5, 0.6) is 0 Å². The first-order chi connectivity index (χ1) is 4.35. The molecule has 0 aromatic rings. The van der Waals surface area contributed by atoms with Crippen molar-refractivity contribution in [3.63, 3.8) is 0 Å². The molecule has 0 saturated heterocycles. The molecule has 0 radical (unpaired) electrons. The van der Waals surface area contributed by atoms with E-state index < -0.39 is 0 Å². The average molecular weight is 129 g/mol. The maximum atomic E-state index is 3.00. The van der Waals surface area contributed by atoms with Crippen LogP contribution in [-0.4, -0.2) is 24.5 Å². The van der Waals surface area contributed by atoms with Crippen molar-refractivity contribution in [3.05, 3.63) is 13.2 Å². The maximum Gasteiger partial charge on any atom is -0.00474 e. The van der Waals surface area contributed by atoms with Gasteiger partial charge in [-0.05, 0) is 19.6 Å². The van der Waals surface area contributed by atoms with Crippen LogP contribution in [0, 0.1) is 0 Å². The Hall–Kier alpha value is -0.300. The zero-order valence-corrected chi connectivity index (χ0v) is 6.98. The number of hydrogen-bond acceptors (Lipinski definition) is 1. The highest BCUT2D eigenvalue weighted by atomic mass is 15.1. The Bertz CT molecular complexity index is 34.3. The van der Waals surface area contributed by atoms with Crippen molar-refractivity contribution in [2.45, 2.75) is 20.8 Å². The van der Waals surface area contributed by atoms with Gasteiger partial charge in [-0.2, -0.15) is 0 Å². The van der Waals surface area contributed by atoms with Gasteiger partial charge in [-0.1, -0.05) is 20.8 Å². The summed E-state index contributed by atoms with van der Waals surface area (Å²) in [5.41, 5.74) is 0. The summed E-state index contributed by atoms with van der Waals surface area (Å²) in [5.74, 6) is 0. The summed E-state index contributed by atoms with van der Waals surface area (Å²) in [6.45, 7) is 16.1. The van der Waals surface area contributed by atoms with Gasteiger partial charge in [-0.25, -0.2) is 0 Å². The first-order valence-electron chi connectivity index (χ1n) is 3.57. The molecule has 1 heteroatoms. The molecule has 56 valence electrons. The van der Waals surface area contributed by atoms with Crippen molar-refractivity contribution < 1.29 is 0 Å². The van der Waals surface area contributed by atoms with Gasteiger partial charge < -0.3 is 4.90 Å². The Morgan fingerprint density at radius 1 is 0.889 bits per heavy atom. The van der Waals surface area contributed by atoms with Gasteiger partial charge in [-0.15, -0.1) is 13.2 Å². The van der Waals surface area contributed by atoms with Gasteiger partial charge in [0.2, 0.25) is 0 Å². The standard InChI is InChI=1S/C6H15N.C2H4/c1-4-7(5-2)6-3;1-2/h4-6H2,1-3H3;1-2H2. The van der Waals surface area contributed by atoms with Gasteiger partial charge in [0.1, 0.15) is 0 Å². The largest absolute Gasteiger partial charge is 0.304 e. The summed E-state index contributed by atoms with van der Waals surface area (Å²) in [5, 5.41) is 0. The Morgan fingerprint density at radius 3 is 1.11 bits per heavy atom. The Morgan fingerprint density at radius 2 is 1.11 bits per heavy atom. The second kappa shape index (κ2) is 10.6. The molecule has 0 bridgehead atoms. The van der Waals surface area contributed by atoms with Crippen LogP contribution in [0.3, 0.4) is 0 Å². The van der Waals surface area contributed by atoms with Crippen LogP contribution in [0.2, 0.25) is 0 Å². The molecule has 0 atom stereocenters. The lowest BCUT2D eigenvalue weighted by Gasteiger charge is -2.13. The SMILES string of the molecule is C=C.CCN(CC)CC. The number of nitrogens with zero attached hydrogens (tertiary/aromatic N) is 1. The molecule has 0 unspecified atom stereocenters. The van der Waals surface area contributed by atoms with E-state index in [9.17, 15) is 0 Å². The molecule has 0 saturated carbocycles. The molecule has 0 N–H and O–H groups in total. The van der Waals surface area contributed by atoms with Crippen LogP contribution in [0.1, 0.15) is 20.8 Å². The third-order valence-corrected chi connectivity index (χ3v) is 1.34. The summed E-state index contributed by atoms with van der Waals surface area (Å²) in [7, 11) is 0. The van der Waals surface area contributed by atoms with E-state index in [1.165, 1.54) is 19.6 Å². The molecule has 0 fully saturated rings. The lowest BCUT2D eigenvalue weighted by molar-refractivity contribution is 0.321. The fourth-order valence-electron chi connectivity index (χ4n) is 0.671. The van der Waals surface area contributed by atoms with Crippen molar-refractivity contribution in [3.8, 4) is 0 Å². The summed E-state index contributed by atoms with van der Waals surface area (Å²) < 4.78 is 0. The molecule has 0 aromatic carbocycles. The minimum Gasteiger partial charge on any atom is -0.304 e. The number of hydrogen-bond donors (Lipinski definition) is 0. The van der Waals surface area contributed by atoms with E-state index in [1.54, 1.807) is 0 Å². The molecular formula is C8H19N. The van der Waals surface area contributed by atoms with Gasteiger partial charge >= 0.3 is 0 Å². The quantitative estimate of drug-likeness (QED) is 0.528. The Balaban J connectivity index is 0. The third kappa shape index (κ3) is 7.70. The lowest BCUT2D eigenvalue weighted by Crippen LogP contribution is -2.21. The van der Waals surface area contributed by atoms with E-state index in [-0.39, 0.29) is 0 Å². The first kappa shape index (κ1) is 11.5. The van der Waals surface area contributed by atoms with Crippen molar-refractivity contribution in [1.29, 1.82) is 0 Å². The molecule has 9 heavy (non-hydrogen) atoms. The predicted molar refractivity (Wildman–Crippen MR) is 44.7 cm³/mol.